The van der Waals surface area contributed by atoms with Gasteiger partial charge in [0.1, 0.15) is 0 Å². The number of ether oxygens (including phenoxy) is 1. The van der Waals surface area contributed by atoms with Crippen LogP contribution in [0.5, 0.6) is 5.88 Å². The van der Waals surface area contributed by atoms with Gasteiger partial charge in [-0.05, 0) is 31.6 Å². The molecule has 6 heteroatoms. The van der Waals surface area contributed by atoms with Gasteiger partial charge in [0.05, 0.1) is 5.69 Å². The maximum Gasteiger partial charge on any atom is 0.258 e. The fraction of sp³-hybridized carbons (Fsp3) is 0.444. The Labute approximate surface area is 143 Å². The van der Waals surface area contributed by atoms with Gasteiger partial charge in [-0.3, -0.25) is 9.89 Å². The molecule has 0 unspecified atom stereocenters. The number of hydrogen-bond acceptors (Lipinski definition) is 4. The number of aromatic nitrogens is 2. The number of rotatable bonds is 10. The predicted molar refractivity (Wildman–Crippen MR) is 94.9 cm³/mol. The summed E-state index contributed by atoms with van der Waals surface area (Å²) in [5, 5.41) is 9.85. The van der Waals surface area contributed by atoms with Gasteiger partial charge in [-0.1, -0.05) is 44.2 Å². The van der Waals surface area contributed by atoms with Crippen molar-refractivity contribution in [2.75, 3.05) is 32.8 Å². The van der Waals surface area contributed by atoms with Crippen molar-refractivity contribution in [2.24, 2.45) is 0 Å². The number of amides is 1. The highest BCUT2D eigenvalue weighted by molar-refractivity contribution is 5.77. The van der Waals surface area contributed by atoms with Crippen molar-refractivity contribution in [3.63, 3.8) is 0 Å². The van der Waals surface area contributed by atoms with Gasteiger partial charge in [0.25, 0.3) is 5.91 Å². The van der Waals surface area contributed by atoms with Crippen LogP contribution >= 0.6 is 0 Å². The molecule has 24 heavy (non-hydrogen) atoms. The molecule has 0 aliphatic heterocycles. The van der Waals surface area contributed by atoms with Crippen molar-refractivity contribution >= 4 is 5.91 Å². The lowest BCUT2D eigenvalue weighted by atomic mass is 10.2. The van der Waals surface area contributed by atoms with Crippen LogP contribution in [0, 0.1) is 0 Å². The lowest BCUT2D eigenvalue weighted by Gasteiger charge is -2.17. The zero-order chi connectivity index (χ0) is 17.2. The van der Waals surface area contributed by atoms with Crippen LogP contribution in [0.15, 0.2) is 36.4 Å². The Hall–Kier alpha value is -2.34. The Morgan fingerprint density at radius 3 is 2.71 bits per heavy atom. The van der Waals surface area contributed by atoms with E-state index in [1.165, 1.54) is 0 Å². The molecule has 0 radical (unpaired) electrons. The molecule has 2 rings (SSSR count). The van der Waals surface area contributed by atoms with Gasteiger partial charge in [-0.15, -0.1) is 5.10 Å². The van der Waals surface area contributed by atoms with E-state index in [1.807, 2.05) is 30.3 Å². The topological polar surface area (TPSA) is 70.2 Å². The molecule has 0 bridgehead atoms. The van der Waals surface area contributed by atoms with Crippen molar-refractivity contribution in [1.82, 2.24) is 20.4 Å². The Morgan fingerprint density at radius 1 is 1.25 bits per heavy atom. The average molecular weight is 330 g/mol. The van der Waals surface area contributed by atoms with E-state index in [1.54, 1.807) is 6.07 Å². The summed E-state index contributed by atoms with van der Waals surface area (Å²) in [6.07, 6.45) is 0.938. The summed E-state index contributed by atoms with van der Waals surface area (Å²) in [6.45, 7) is 7.99. The Balaban J connectivity index is 1.68. The number of carbonyl (C=O) groups is 1. The van der Waals surface area contributed by atoms with Gasteiger partial charge < -0.3 is 15.0 Å². The van der Waals surface area contributed by atoms with Crippen LogP contribution in [-0.2, 0) is 4.79 Å². The number of aromatic amines is 1. The van der Waals surface area contributed by atoms with E-state index in [2.05, 4.69) is 34.3 Å². The number of benzene rings is 1. The molecule has 130 valence electrons. The highest BCUT2D eigenvalue weighted by Gasteiger charge is 2.07. The van der Waals surface area contributed by atoms with Crippen molar-refractivity contribution in [1.29, 1.82) is 0 Å². The van der Waals surface area contributed by atoms with E-state index in [4.69, 9.17) is 4.74 Å². The molecule has 1 heterocycles. The summed E-state index contributed by atoms with van der Waals surface area (Å²) in [4.78, 5) is 14.1. The first-order chi connectivity index (χ1) is 11.7. The third-order valence-electron chi connectivity index (χ3n) is 3.86. The lowest BCUT2D eigenvalue weighted by Crippen LogP contribution is -2.32. The maximum absolute atomic E-state index is 11.8. The van der Waals surface area contributed by atoms with E-state index in [9.17, 15) is 4.79 Å². The van der Waals surface area contributed by atoms with Gasteiger partial charge >= 0.3 is 0 Å². The van der Waals surface area contributed by atoms with E-state index in [0.29, 0.717) is 12.4 Å². The minimum atomic E-state index is -0.126. The van der Waals surface area contributed by atoms with E-state index < -0.39 is 0 Å². The second-order valence-corrected chi connectivity index (χ2v) is 5.50. The third-order valence-corrected chi connectivity index (χ3v) is 3.86. The van der Waals surface area contributed by atoms with Crippen molar-refractivity contribution in [3.05, 3.63) is 36.4 Å². The molecule has 0 aliphatic rings. The van der Waals surface area contributed by atoms with Crippen LogP contribution in [0.25, 0.3) is 11.3 Å². The largest absolute Gasteiger partial charge is 0.466 e. The van der Waals surface area contributed by atoms with Crippen LogP contribution in [0.1, 0.15) is 20.3 Å². The van der Waals surface area contributed by atoms with Crippen LogP contribution in [0.4, 0.5) is 0 Å². The summed E-state index contributed by atoms with van der Waals surface area (Å²) >= 11 is 0. The summed E-state index contributed by atoms with van der Waals surface area (Å²) in [6, 6.07) is 11.6. The molecular weight excluding hydrogens is 304 g/mol. The summed E-state index contributed by atoms with van der Waals surface area (Å²) in [5.41, 5.74) is 1.89. The normalized spacial score (nSPS) is 10.8. The first kappa shape index (κ1) is 18.0. The molecule has 0 saturated heterocycles. The lowest BCUT2D eigenvalue weighted by molar-refractivity contribution is -0.123. The molecule has 1 aromatic heterocycles. The number of hydrogen-bond donors (Lipinski definition) is 2. The van der Waals surface area contributed by atoms with Crippen molar-refractivity contribution < 1.29 is 9.53 Å². The molecular formula is C18H26N4O2. The van der Waals surface area contributed by atoms with Gasteiger partial charge in [0.2, 0.25) is 5.88 Å². The number of nitrogens with zero attached hydrogens (tertiary/aromatic N) is 2. The minimum absolute atomic E-state index is 0.0235. The van der Waals surface area contributed by atoms with Gasteiger partial charge in [-0.25, -0.2) is 0 Å². The summed E-state index contributed by atoms with van der Waals surface area (Å²) in [7, 11) is 0. The molecule has 0 aliphatic carbocycles. The van der Waals surface area contributed by atoms with Gasteiger partial charge in [-0.2, -0.15) is 0 Å². The number of carbonyl (C=O) groups excluding carboxylic acids is 1. The smallest absolute Gasteiger partial charge is 0.258 e. The predicted octanol–water partition coefficient (Wildman–Crippen LogP) is 2.30. The number of H-pyrrole nitrogens is 1. The first-order valence-corrected chi connectivity index (χ1v) is 8.45. The molecule has 0 atom stereocenters. The number of nitrogens with one attached hydrogen (secondary N) is 2. The van der Waals surface area contributed by atoms with Crippen LogP contribution in [0.2, 0.25) is 0 Å². The van der Waals surface area contributed by atoms with E-state index in [-0.39, 0.29) is 12.5 Å². The van der Waals surface area contributed by atoms with E-state index in [0.717, 1.165) is 37.3 Å². The van der Waals surface area contributed by atoms with Crippen LogP contribution in [-0.4, -0.2) is 53.8 Å². The molecule has 2 aromatic rings. The molecule has 0 spiro atoms. The highest BCUT2D eigenvalue weighted by atomic mass is 16.5. The SMILES string of the molecule is CCN(CC)CCCNC(=O)COc1cc(-c2ccccc2)[nH]n1. The molecule has 0 fully saturated rings. The van der Waals surface area contributed by atoms with Gasteiger partial charge in [0.15, 0.2) is 6.61 Å². The molecule has 1 aromatic carbocycles. The first-order valence-electron chi connectivity index (χ1n) is 8.45. The molecule has 0 saturated carbocycles. The standard InChI is InChI=1S/C18H26N4O2/c1-3-22(4-2)12-8-11-19-17(23)14-24-18-13-16(20-21-18)15-9-6-5-7-10-15/h5-7,9-10,13H,3-4,8,11-12,14H2,1-2H3,(H,19,23)(H,20,21). The molecule has 6 nitrogen and oxygen atoms in total. The Morgan fingerprint density at radius 2 is 2.00 bits per heavy atom. The van der Waals surface area contributed by atoms with E-state index >= 15 is 0 Å². The monoisotopic (exact) mass is 330 g/mol. The fourth-order valence-corrected chi connectivity index (χ4v) is 2.40. The zero-order valence-corrected chi connectivity index (χ0v) is 14.4. The second kappa shape index (κ2) is 9.72. The Bertz CT molecular complexity index is 608. The van der Waals surface area contributed by atoms with Crippen molar-refractivity contribution in [3.8, 4) is 17.1 Å². The van der Waals surface area contributed by atoms with Crippen LogP contribution in [0.3, 0.4) is 0 Å². The Kier molecular flexibility index (Phi) is 7.29. The minimum Gasteiger partial charge on any atom is -0.466 e. The van der Waals surface area contributed by atoms with Crippen LogP contribution < -0.4 is 10.1 Å². The fourth-order valence-electron chi connectivity index (χ4n) is 2.40. The average Bonchev–Trinajstić information content (AvgIpc) is 3.10. The highest BCUT2D eigenvalue weighted by Crippen LogP contribution is 2.20. The quantitative estimate of drug-likeness (QED) is 0.656. The van der Waals surface area contributed by atoms with Gasteiger partial charge in [0, 0.05) is 12.6 Å². The van der Waals surface area contributed by atoms with Crippen molar-refractivity contribution in [2.45, 2.75) is 20.3 Å². The molecule has 1 amide bonds. The zero-order valence-electron chi connectivity index (χ0n) is 14.4. The maximum atomic E-state index is 11.8. The second-order valence-electron chi connectivity index (χ2n) is 5.50. The molecule has 2 N–H and O–H groups in total. The summed E-state index contributed by atoms with van der Waals surface area (Å²) < 4.78 is 5.43. The third kappa shape index (κ3) is 5.70. The summed E-state index contributed by atoms with van der Waals surface area (Å²) in [5.74, 6) is 0.297.